The summed E-state index contributed by atoms with van der Waals surface area (Å²) in [5.74, 6) is 0.0385. The van der Waals surface area contributed by atoms with Gasteiger partial charge in [-0.1, -0.05) is 425 Å². The third-order valence-electron chi connectivity index (χ3n) is 17.0. The molecule has 0 saturated heterocycles. The summed E-state index contributed by atoms with van der Waals surface area (Å²) >= 11 is 0. The number of ether oxygens (including phenoxy) is 1. The van der Waals surface area contributed by atoms with E-state index in [1.54, 1.807) is 0 Å². The second kappa shape index (κ2) is 69.5. The molecule has 0 spiro atoms. The Morgan fingerprint density at radius 3 is 0.452 bits per heavy atom. The number of hydrogen-bond acceptors (Lipinski definition) is 2. The van der Waals surface area contributed by atoms with Crippen LogP contribution in [0.5, 0.6) is 0 Å². The molecule has 0 fully saturated rings. The van der Waals surface area contributed by atoms with Crippen molar-refractivity contribution in [2.75, 3.05) is 6.61 Å². The summed E-state index contributed by atoms with van der Waals surface area (Å²) in [4.78, 5) is 12.2. The van der Waals surface area contributed by atoms with E-state index in [0.29, 0.717) is 13.0 Å². The third kappa shape index (κ3) is 69.5. The van der Waals surface area contributed by atoms with Crippen LogP contribution in [0.25, 0.3) is 0 Å². The molecule has 2 heteroatoms. The van der Waals surface area contributed by atoms with Gasteiger partial charge in [-0.3, -0.25) is 4.79 Å². The molecule has 0 aromatic carbocycles. The average molecular weight is 1030 g/mol. The number of carbonyl (C=O) groups is 1. The molecule has 0 aliphatic heterocycles. The average Bonchev–Trinajstić information content (AvgIpc) is 3.40. The van der Waals surface area contributed by atoms with Crippen molar-refractivity contribution in [3.8, 4) is 0 Å². The molecule has 0 atom stereocenters. The molecule has 0 aliphatic rings. The van der Waals surface area contributed by atoms with E-state index in [1.165, 1.54) is 411 Å². The highest BCUT2D eigenvalue weighted by molar-refractivity contribution is 5.69. The minimum Gasteiger partial charge on any atom is -0.466 e. The maximum Gasteiger partial charge on any atom is 0.305 e. The Hall–Kier alpha value is -0.530. The lowest BCUT2D eigenvalue weighted by molar-refractivity contribution is -0.143. The highest BCUT2D eigenvalue weighted by Gasteiger charge is 2.04. The van der Waals surface area contributed by atoms with Gasteiger partial charge in [-0.25, -0.2) is 0 Å². The van der Waals surface area contributed by atoms with E-state index >= 15 is 0 Å². The first-order valence-electron chi connectivity index (χ1n) is 35.5. The highest BCUT2D eigenvalue weighted by Crippen LogP contribution is 2.20. The standard InChI is InChI=1S/C71H142O2/c1-3-5-7-9-11-13-15-17-19-21-23-25-27-29-31-33-35-36-37-38-39-40-41-43-45-47-49-51-53-55-57-59-61-63-65-67-69-71(72)73-70-68-66-64-62-60-58-56-54-52-50-48-46-44-42-34-32-30-28-26-24-22-20-18-16-14-12-10-8-6-4-2/h3-70H2,1-2H3. The monoisotopic (exact) mass is 1030 g/mol. The molecule has 0 aliphatic carbocycles. The van der Waals surface area contributed by atoms with Gasteiger partial charge in [-0.2, -0.15) is 0 Å². The van der Waals surface area contributed by atoms with Crippen LogP contribution < -0.4 is 0 Å². The molecule has 73 heavy (non-hydrogen) atoms. The van der Waals surface area contributed by atoms with Crippen LogP contribution in [0.15, 0.2) is 0 Å². The van der Waals surface area contributed by atoms with Crippen molar-refractivity contribution in [3.63, 3.8) is 0 Å². The van der Waals surface area contributed by atoms with Crippen LogP contribution >= 0.6 is 0 Å². The van der Waals surface area contributed by atoms with E-state index in [9.17, 15) is 4.79 Å². The molecule has 0 radical (unpaired) electrons. The molecular weight excluding hydrogens is 885 g/mol. The molecule has 0 rings (SSSR count). The van der Waals surface area contributed by atoms with E-state index in [4.69, 9.17) is 4.74 Å². The zero-order chi connectivity index (χ0) is 52.4. The first-order chi connectivity index (χ1) is 36.3. The van der Waals surface area contributed by atoms with Gasteiger partial charge in [0.05, 0.1) is 6.61 Å². The molecular formula is C71H142O2. The molecule has 2 nitrogen and oxygen atoms in total. The minimum atomic E-state index is 0.0385. The van der Waals surface area contributed by atoms with Gasteiger partial charge in [0.15, 0.2) is 0 Å². The Kier molecular flexibility index (Phi) is 69.0. The number of hydrogen-bond donors (Lipinski definition) is 0. The number of carbonyl (C=O) groups excluding carboxylic acids is 1. The van der Waals surface area contributed by atoms with Gasteiger partial charge in [0.25, 0.3) is 0 Å². The number of unbranched alkanes of at least 4 members (excludes halogenated alkanes) is 64. The summed E-state index contributed by atoms with van der Waals surface area (Å²) in [5.41, 5.74) is 0. The van der Waals surface area contributed by atoms with Gasteiger partial charge in [-0.15, -0.1) is 0 Å². The Morgan fingerprint density at radius 1 is 0.178 bits per heavy atom. The van der Waals surface area contributed by atoms with E-state index in [2.05, 4.69) is 13.8 Å². The quantitative estimate of drug-likeness (QED) is 0.0448. The van der Waals surface area contributed by atoms with E-state index in [0.717, 1.165) is 12.8 Å². The molecule has 438 valence electrons. The van der Waals surface area contributed by atoms with Gasteiger partial charge in [0.2, 0.25) is 0 Å². The predicted octanol–water partition coefficient (Wildman–Crippen LogP) is 26.7. The molecule has 0 amide bonds. The van der Waals surface area contributed by atoms with Crippen molar-refractivity contribution in [2.24, 2.45) is 0 Å². The van der Waals surface area contributed by atoms with Crippen LogP contribution in [0.2, 0.25) is 0 Å². The normalized spacial score (nSPS) is 11.6. The summed E-state index contributed by atoms with van der Waals surface area (Å²) < 4.78 is 5.54. The number of esters is 1. The summed E-state index contributed by atoms with van der Waals surface area (Å²) in [6.07, 6.45) is 95.2. The van der Waals surface area contributed by atoms with Crippen LogP contribution in [-0.4, -0.2) is 12.6 Å². The topological polar surface area (TPSA) is 26.3 Å². The van der Waals surface area contributed by atoms with Crippen molar-refractivity contribution >= 4 is 5.97 Å². The zero-order valence-electron chi connectivity index (χ0n) is 51.4. The van der Waals surface area contributed by atoms with Crippen molar-refractivity contribution in [1.29, 1.82) is 0 Å². The van der Waals surface area contributed by atoms with Crippen LogP contribution in [0.3, 0.4) is 0 Å². The molecule has 0 N–H and O–H groups in total. The Bertz CT molecular complexity index is 944. The molecule has 0 bridgehead atoms. The zero-order valence-corrected chi connectivity index (χ0v) is 51.4. The molecule has 0 aromatic heterocycles. The van der Waals surface area contributed by atoms with E-state index < -0.39 is 0 Å². The van der Waals surface area contributed by atoms with Gasteiger partial charge in [0.1, 0.15) is 0 Å². The van der Waals surface area contributed by atoms with Crippen LogP contribution in [0, 0.1) is 0 Å². The SMILES string of the molecule is CCCCCCCCCCCCCCCCCCCCCCCCCCCCCCCCCCCCCCC(=O)OCCCCCCCCCCCCCCCCCCCCCCCCCCCCCCCC. The Labute approximate surface area is 464 Å². The number of rotatable bonds is 68. The summed E-state index contributed by atoms with van der Waals surface area (Å²) in [6, 6.07) is 0. The first kappa shape index (κ1) is 72.5. The van der Waals surface area contributed by atoms with Gasteiger partial charge in [0, 0.05) is 6.42 Å². The maximum absolute atomic E-state index is 12.2. The molecule has 0 aromatic rings. The van der Waals surface area contributed by atoms with Crippen LogP contribution in [0.1, 0.15) is 444 Å². The Morgan fingerprint density at radius 2 is 0.301 bits per heavy atom. The fraction of sp³-hybridized carbons (Fsp3) is 0.986. The van der Waals surface area contributed by atoms with Crippen molar-refractivity contribution < 1.29 is 9.53 Å². The second-order valence-corrected chi connectivity index (χ2v) is 24.6. The van der Waals surface area contributed by atoms with Crippen LogP contribution in [-0.2, 0) is 9.53 Å². The minimum absolute atomic E-state index is 0.0385. The lowest BCUT2D eigenvalue weighted by atomic mass is 10.0. The second-order valence-electron chi connectivity index (χ2n) is 24.6. The van der Waals surface area contributed by atoms with E-state index in [-0.39, 0.29) is 5.97 Å². The van der Waals surface area contributed by atoms with Gasteiger partial charge in [-0.05, 0) is 12.8 Å². The fourth-order valence-corrected chi connectivity index (χ4v) is 11.7. The lowest BCUT2D eigenvalue weighted by Crippen LogP contribution is -2.05. The summed E-state index contributed by atoms with van der Waals surface area (Å²) in [7, 11) is 0. The van der Waals surface area contributed by atoms with Crippen molar-refractivity contribution in [3.05, 3.63) is 0 Å². The molecule has 0 saturated carbocycles. The van der Waals surface area contributed by atoms with Gasteiger partial charge < -0.3 is 4.74 Å². The van der Waals surface area contributed by atoms with E-state index in [1.807, 2.05) is 0 Å². The predicted molar refractivity (Wildman–Crippen MR) is 332 cm³/mol. The largest absolute Gasteiger partial charge is 0.466 e. The summed E-state index contributed by atoms with van der Waals surface area (Å²) in [5, 5.41) is 0. The van der Waals surface area contributed by atoms with Crippen molar-refractivity contribution in [1.82, 2.24) is 0 Å². The molecule has 0 heterocycles. The first-order valence-corrected chi connectivity index (χ1v) is 35.5. The summed E-state index contributed by atoms with van der Waals surface area (Å²) in [6.45, 7) is 5.26. The van der Waals surface area contributed by atoms with Crippen molar-refractivity contribution in [2.45, 2.75) is 444 Å². The van der Waals surface area contributed by atoms with Gasteiger partial charge >= 0.3 is 5.97 Å². The smallest absolute Gasteiger partial charge is 0.305 e. The Balaban J connectivity index is 3.14. The molecule has 0 unspecified atom stereocenters. The maximum atomic E-state index is 12.2. The fourth-order valence-electron chi connectivity index (χ4n) is 11.7. The van der Waals surface area contributed by atoms with Crippen LogP contribution in [0.4, 0.5) is 0 Å². The lowest BCUT2D eigenvalue weighted by Gasteiger charge is -2.06. The highest BCUT2D eigenvalue weighted by atomic mass is 16.5. The third-order valence-corrected chi connectivity index (χ3v) is 17.0.